The molecule has 3 aromatic rings. The van der Waals surface area contributed by atoms with E-state index in [1.54, 1.807) is 0 Å². The molecule has 0 radical (unpaired) electrons. The Morgan fingerprint density at radius 3 is 2.27 bits per heavy atom. The van der Waals surface area contributed by atoms with Gasteiger partial charge in [-0.2, -0.15) is 4.31 Å². The van der Waals surface area contributed by atoms with Crippen molar-refractivity contribution in [2.24, 2.45) is 0 Å². The lowest BCUT2D eigenvalue weighted by Crippen LogP contribution is -2.62. The van der Waals surface area contributed by atoms with Gasteiger partial charge < -0.3 is 30.5 Å². The van der Waals surface area contributed by atoms with Gasteiger partial charge in [-0.05, 0) is 42.7 Å². The van der Waals surface area contributed by atoms with Crippen molar-refractivity contribution in [2.45, 2.75) is 68.4 Å². The fourth-order valence-electron chi connectivity index (χ4n) is 5.61. The van der Waals surface area contributed by atoms with Crippen molar-refractivity contribution in [3.05, 3.63) is 64.7 Å². The number of likely N-dealkylation sites (tertiary alicyclic amines) is 1. The maximum atomic E-state index is 14.1. The summed E-state index contributed by atoms with van der Waals surface area (Å²) >= 11 is 0.864. The number of aromatic nitrogens is 2. The molecule has 284 valence electrons. The van der Waals surface area contributed by atoms with Crippen LogP contribution in [-0.2, 0) is 27.3 Å². The number of alkyl halides is 5. The number of piperazine rings is 1. The third-order valence-electron chi connectivity index (χ3n) is 8.57. The number of nitrogens with zero attached hydrogens (tertiary/aromatic N) is 5. The summed E-state index contributed by atoms with van der Waals surface area (Å²) in [6, 6.07) is 7.21. The van der Waals surface area contributed by atoms with Gasteiger partial charge in [0.2, 0.25) is 26.1 Å². The summed E-state index contributed by atoms with van der Waals surface area (Å²) in [6.07, 6.45) is -6.59. The van der Waals surface area contributed by atoms with Crippen LogP contribution in [0.15, 0.2) is 53.4 Å². The number of amides is 2. The predicted molar refractivity (Wildman–Crippen MR) is 176 cm³/mol. The van der Waals surface area contributed by atoms with Crippen LogP contribution in [0.5, 0.6) is 5.75 Å². The lowest BCUT2D eigenvalue weighted by molar-refractivity contribution is -0.274. The minimum absolute atomic E-state index is 0.0392. The summed E-state index contributed by atoms with van der Waals surface area (Å²) in [5.41, 5.74) is 0.229. The summed E-state index contributed by atoms with van der Waals surface area (Å²) < 4.78 is 98.4. The second-order valence-electron chi connectivity index (χ2n) is 12.1. The van der Waals surface area contributed by atoms with Crippen LogP contribution in [0, 0.1) is 0 Å². The van der Waals surface area contributed by atoms with E-state index in [4.69, 9.17) is 0 Å². The number of anilines is 1. The van der Waals surface area contributed by atoms with Crippen LogP contribution in [-0.4, -0.2) is 112 Å². The van der Waals surface area contributed by atoms with E-state index in [9.17, 15) is 50.2 Å². The molecule has 0 aliphatic carbocycles. The number of ether oxygens (including phenoxy) is 1. The van der Waals surface area contributed by atoms with E-state index in [2.05, 4.69) is 25.6 Å². The first-order valence-electron chi connectivity index (χ1n) is 16.1. The number of hydrogen-bond donors (Lipinski definition) is 4. The summed E-state index contributed by atoms with van der Waals surface area (Å²) in [5, 5.41) is 34.0. The molecule has 2 saturated heterocycles. The van der Waals surface area contributed by atoms with Gasteiger partial charge in [-0.15, -0.1) is 23.4 Å². The number of carbonyl (C=O) groups is 2. The molecule has 1 aromatic heterocycles. The Labute approximate surface area is 299 Å². The van der Waals surface area contributed by atoms with Gasteiger partial charge in [-0.3, -0.25) is 14.5 Å². The van der Waals surface area contributed by atoms with Gasteiger partial charge in [0.25, 0.3) is 11.8 Å². The number of nitrogens with one attached hydrogen (secondary N) is 2. The molecule has 0 saturated carbocycles. The highest BCUT2D eigenvalue weighted by Crippen LogP contribution is 2.32. The van der Waals surface area contributed by atoms with E-state index in [1.807, 2.05) is 0 Å². The first-order chi connectivity index (χ1) is 24.5. The van der Waals surface area contributed by atoms with Crippen molar-refractivity contribution in [1.82, 2.24) is 29.6 Å². The van der Waals surface area contributed by atoms with E-state index in [1.165, 1.54) is 41.0 Å². The standard InChI is InChI=1S/C31H36F5N7O7S2/c1-2-30(32,33)20-5-3-19(4-6-20)17-37-25(45)24-18-42(15-16-43(24)52(48,49)23-9-7-22(8-10-23)50-31(34,35)36)29(47)38-28-40-39-26(51-28)27(46)41-13-11-21(44)12-14-41/h3-10,21,24,29,44,47H,2,11-18H2,1H3,(H,37,45)(H,38,40)/t24-,29?/m1/s1. The van der Waals surface area contributed by atoms with Gasteiger partial charge in [-0.1, -0.05) is 42.5 Å². The number of hydrogen-bond acceptors (Lipinski definition) is 12. The maximum Gasteiger partial charge on any atom is 0.573 e. The molecule has 2 aliphatic heterocycles. The number of rotatable bonds is 12. The number of benzene rings is 2. The van der Waals surface area contributed by atoms with Crippen molar-refractivity contribution in [2.75, 3.05) is 38.0 Å². The largest absolute Gasteiger partial charge is 0.573 e. The van der Waals surface area contributed by atoms with Gasteiger partial charge >= 0.3 is 6.36 Å². The molecule has 2 amide bonds. The molecule has 52 heavy (non-hydrogen) atoms. The summed E-state index contributed by atoms with van der Waals surface area (Å²) in [5.74, 6) is -4.90. The molecule has 2 atom stereocenters. The number of halogens is 5. The molecular formula is C31H36F5N7O7S2. The van der Waals surface area contributed by atoms with E-state index >= 15 is 0 Å². The average Bonchev–Trinajstić information content (AvgIpc) is 3.58. The van der Waals surface area contributed by atoms with Crippen LogP contribution in [0.3, 0.4) is 0 Å². The van der Waals surface area contributed by atoms with E-state index in [0.29, 0.717) is 31.5 Å². The number of aliphatic hydroxyl groups is 2. The van der Waals surface area contributed by atoms with Gasteiger partial charge in [0.05, 0.1) is 11.0 Å². The van der Waals surface area contributed by atoms with Crippen LogP contribution >= 0.6 is 11.3 Å². The molecule has 1 unspecified atom stereocenters. The first kappa shape index (κ1) is 39.2. The Morgan fingerprint density at radius 1 is 1.00 bits per heavy atom. The SMILES string of the molecule is CCC(F)(F)c1ccc(CNC(=O)[C@H]2CN(C(O)Nc3nnc(C(=O)N4CCC(O)CC4)s3)CCN2S(=O)(=O)c2ccc(OC(F)(F)F)cc2)cc1. The zero-order valence-electron chi connectivity index (χ0n) is 27.6. The third kappa shape index (κ3) is 9.50. The van der Waals surface area contributed by atoms with Crippen molar-refractivity contribution in [3.63, 3.8) is 0 Å². The Kier molecular flexibility index (Phi) is 12.0. The molecule has 5 rings (SSSR count). The third-order valence-corrected chi connectivity index (χ3v) is 11.3. The lowest BCUT2D eigenvalue weighted by atomic mass is 10.0. The molecule has 21 heteroatoms. The van der Waals surface area contributed by atoms with Crippen LogP contribution in [0.2, 0.25) is 0 Å². The smallest absolute Gasteiger partial charge is 0.406 e. The molecule has 2 aromatic carbocycles. The molecule has 2 aliphatic rings. The highest BCUT2D eigenvalue weighted by atomic mass is 32.2. The van der Waals surface area contributed by atoms with Crippen LogP contribution in [0.4, 0.5) is 27.1 Å². The lowest BCUT2D eigenvalue weighted by Gasteiger charge is -2.41. The van der Waals surface area contributed by atoms with Gasteiger partial charge in [0.1, 0.15) is 11.8 Å². The Bertz CT molecular complexity index is 1810. The van der Waals surface area contributed by atoms with Crippen molar-refractivity contribution in [1.29, 1.82) is 0 Å². The van der Waals surface area contributed by atoms with E-state index < -0.39 is 69.7 Å². The minimum Gasteiger partial charge on any atom is -0.406 e. The topological polar surface area (TPSA) is 178 Å². The molecule has 3 heterocycles. The highest BCUT2D eigenvalue weighted by molar-refractivity contribution is 7.89. The normalized spacial score (nSPS) is 18.9. The number of aliphatic hydroxyl groups excluding tert-OH is 2. The average molecular weight is 778 g/mol. The second kappa shape index (κ2) is 15.9. The van der Waals surface area contributed by atoms with Gasteiger partial charge in [-0.25, -0.2) is 17.2 Å². The number of sulfonamides is 1. The minimum atomic E-state index is -5.00. The molecule has 0 bridgehead atoms. The van der Waals surface area contributed by atoms with Crippen molar-refractivity contribution in [3.8, 4) is 5.75 Å². The molecule has 14 nitrogen and oxygen atoms in total. The Morgan fingerprint density at radius 2 is 1.65 bits per heavy atom. The second-order valence-corrected chi connectivity index (χ2v) is 14.9. The molecule has 2 fully saturated rings. The number of piperidine rings is 1. The van der Waals surface area contributed by atoms with E-state index in [-0.39, 0.29) is 41.9 Å². The van der Waals surface area contributed by atoms with E-state index in [0.717, 1.165) is 39.9 Å². The quantitative estimate of drug-likeness (QED) is 0.157. The Balaban J connectivity index is 1.31. The van der Waals surface area contributed by atoms with Crippen LogP contribution in [0.1, 0.15) is 47.1 Å². The van der Waals surface area contributed by atoms with Crippen molar-refractivity contribution < 1.29 is 54.9 Å². The summed E-state index contributed by atoms with van der Waals surface area (Å²) in [7, 11) is -4.51. The molecular weight excluding hydrogens is 742 g/mol. The number of carbonyl (C=O) groups excluding carboxylic acids is 2. The monoisotopic (exact) mass is 777 g/mol. The van der Waals surface area contributed by atoms with Gasteiger partial charge in [0, 0.05) is 51.3 Å². The van der Waals surface area contributed by atoms with Crippen molar-refractivity contribution >= 4 is 38.3 Å². The van der Waals surface area contributed by atoms with Crippen LogP contribution < -0.4 is 15.4 Å². The fraction of sp³-hybridized carbons (Fsp3) is 0.484. The summed E-state index contributed by atoms with van der Waals surface area (Å²) in [6.45, 7) is 1.01. The Hall–Kier alpha value is -4.02. The first-order valence-corrected chi connectivity index (χ1v) is 18.3. The maximum absolute atomic E-state index is 14.1. The zero-order valence-corrected chi connectivity index (χ0v) is 29.2. The van der Waals surface area contributed by atoms with Crippen LogP contribution in [0.25, 0.3) is 0 Å². The molecule has 4 N–H and O–H groups in total. The zero-order chi connectivity index (χ0) is 37.8. The highest BCUT2D eigenvalue weighted by Gasteiger charge is 2.42. The summed E-state index contributed by atoms with van der Waals surface area (Å²) in [4.78, 5) is 28.9. The van der Waals surface area contributed by atoms with Gasteiger partial charge in [0.15, 0.2) is 6.35 Å². The predicted octanol–water partition coefficient (Wildman–Crippen LogP) is 2.91. The fourth-order valence-corrected chi connectivity index (χ4v) is 7.91. The molecule has 0 spiro atoms.